The topological polar surface area (TPSA) is 46.5 Å². The van der Waals surface area contributed by atoms with Gasteiger partial charge in [0.05, 0.1) is 5.71 Å². The van der Waals surface area contributed by atoms with Gasteiger partial charge in [0, 0.05) is 27.8 Å². The Bertz CT molecular complexity index is 1140. The molecule has 144 valence electrons. The number of hydrogen-bond acceptors (Lipinski definition) is 2. The van der Waals surface area contributed by atoms with Crippen molar-refractivity contribution in [2.24, 2.45) is 4.99 Å². The van der Waals surface area contributed by atoms with E-state index in [2.05, 4.69) is 4.99 Å². The molecule has 0 bridgehead atoms. The summed E-state index contributed by atoms with van der Waals surface area (Å²) in [6.45, 7) is 0. The van der Waals surface area contributed by atoms with Crippen molar-refractivity contribution in [3.63, 3.8) is 0 Å². The van der Waals surface area contributed by atoms with E-state index in [0.29, 0.717) is 22.4 Å². The van der Waals surface area contributed by atoms with E-state index in [9.17, 15) is 9.59 Å². The van der Waals surface area contributed by atoms with Crippen molar-refractivity contribution in [1.82, 2.24) is 0 Å². The Kier molecular flexibility index (Phi) is 5.72. The molecule has 0 aliphatic heterocycles. The van der Waals surface area contributed by atoms with Crippen molar-refractivity contribution in [3.8, 4) is 0 Å². The second-order valence-corrected chi connectivity index (χ2v) is 6.77. The average molecular weight is 389 g/mol. The number of amides is 1. The van der Waals surface area contributed by atoms with Gasteiger partial charge in [0.25, 0.3) is 5.91 Å². The monoisotopic (exact) mass is 389 g/mol. The number of ketones is 1. The highest BCUT2D eigenvalue weighted by atomic mass is 16.1. The largest absolute Gasteiger partial charge is 0.289 e. The van der Waals surface area contributed by atoms with Gasteiger partial charge in [-0.3, -0.25) is 9.59 Å². The van der Waals surface area contributed by atoms with Gasteiger partial charge >= 0.3 is 0 Å². The molecule has 3 heteroatoms. The summed E-state index contributed by atoms with van der Waals surface area (Å²) in [5.74, 6) is -0.427. The maximum absolute atomic E-state index is 12.9. The maximum Gasteiger partial charge on any atom is 0.277 e. The van der Waals surface area contributed by atoms with E-state index >= 15 is 0 Å². The van der Waals surface area contributed by atoms with E-state index in [0.717, 1.165) is 11.1 Å². The number of carbonyl (C=O) groups is 2. The summed E-state index contributed by atoms with van der Waals surface area (Å²) in [5.41, 5.74) is 3.94. The summed E-state index contributed by atoms with van der Waals surface area (Å²) in [6.07, 6.45) is 0. The van der Waals surface area contributed by atoms with Crippen LogP contribution < -0.4 is 0 Å². The number of carbonyl (C=O) groups excluding carboxylic acids is 2. The third-order valence-corrected chi connectivity index (χ3v) is 4.74. The van der Waals surface area contributed by atoms with Gasteiger partial charge in [-0.1, -0.05) is 103 Å². The molecule has 4 aromatic rings. The zero-order chi connectivity index (χ0) is 20.8. The summed E-state index contributed by atoms with van der Waals surface area (Å²) >= 11 is 0. The van der Waals surface area contributed by atoms with Gasteiger partial charge in [0.15, 0.2) is 5.78 Å². The Labute approximate surface area is 175 Å². The minimum atomic E-state index is -0.351. The van der Waals surface area contributed by atoms with Crippen LogP contribution in [-0.2, 0) is 0 Å². The van der Waals surface area contributed by atoms with Crippen molar-refractivity contribution in [2.45, 2.75) is 0 Å². The van der Waals surface area contributed by atoms with Crippen LogP contribution in [0.5, 0.6) is 0 Å². The Morgan fingerprint density at radius 2 is 0.800 bits per heavy atom. The molecule has 0 radical (unpaired) electrons. The van der Waals surface area contributed by atoms with Crippen LogP contribution in [0.4, 0.5) is 0 Å². The molecule has 30 heavy (non-hydrogen) atoms. The molecule has 0 spiro atoms. The van der Waals surface area contributed by atoms with E-state index in [1.165, 1.54) is 0 Å². The molecule has 4 aromatic carbocycles. The quantitative estimate of drug-likeness (QED) is 0.330. The van der Waals surface area contributed by atoms with Gasteiger partial charge in [-0.15, -0.1) is 0 Å². The van der Waals surface area contributed by atoms with Gasteiger partial charge in [-0.2, -0.15) is 0 Å². The molecule has 0 atom stereocenters. The minimum Gasteiger partial charge on any atom is -0.289 e. The van der Waals surface area contributed by atoms with Crippen LogP contribution in [0, 0.1) is 0 Å². The lowest BCUT2D eigenvalue weighted by Crippen LogP contribution is -2.08. The van der Waals surface area contributed by atoms with Crippen LogP contribution in [-0.4, -0.2) is 17.4 Å². The van der Waals surface area contributed by atoms with Crippen molar-refractivity contribution < 1.29 is 9.59 Å². The first kappa shape index (κ1) is 19.2. The molecular weight excluding hydrogens is 370 g/mol. The summed E-state index contributed by atoms with van der Waals surface area (Å²) < 4.78 is 0. The van der Waals surface area contributed by atoms with Crippen LogP contribution in [0.15, 0.2) is 120 Å². The Balaban J connectivity index is 1.64. The van der Waals surface area contributed by atoms with Crippen molar-refractivity contribution in [3.05, 3.63) is 143 Å². The molecular formula is C27H19NO2. The number of nitrogens with zero attached hydrogens (tertiary/aromatic N) is 1. The van der Waals surface area contributed by atoms with Crippen molar-refractivity contribution in [2.75, 3.05) is 0 Å². The standard InChI is InChI=1S/C27H19NO2/c29-26(22-14-8-3-9-15-22)23-16-18-24(19-17-23)27(30)28-25(20-10-4-1-5-11-20)21-12-6-2-7-13-21/h1-19H. The molecule has 0 aromatic heterocycles. The maximum atomic E-state index is 12.9. The summed E-state index contributed by atoms with van der Waals surface area (Å²) in [6, 6.07) is 35.0. The van der Waals surface area contributed by atoms with E-state index in [4.69, 9.17) is 0 Å². The van der Waals surface area contributed by atoms with Crippen molar-refractivity contribution in [1.29, 1.82) is 0 Å². The number of aliphatic imine (C=N–C) groups is 1. The molecule has 1 amide bonds. The highest BCUT2D eigenvalue weighted by Gasteiger charge is 2.13. The van der Waals surface area contributed by atoms with E-state index in [1.807, 2.05) is 78.9 Å². The Hall–Kier alpha value is -4.11. The summed E-state index contributed by atoms with van der Waals surface area (Å²) in [4.78, 5) is 29.9. The first-order valence-electron chi connectivity index (χ1n) is 9.66. The number of hydrogen-bond donors (Lipinski definition) is 0. The summed E-state index contributed by atoms with van der Waals surface area (Å²) in [5, 5.41) is 0. The van der Waals surface area contributed by atoms with E-state index in [-0.39, 0.29) is 11.7 Å². The predicted octanol–water partition coefficient (Wildman–Crippen LogP) is 5.60. The first-order valence-corrected chi connectivity index (χ1v) is 9.66. The molecule has 4 rings (SSSR count). The van der Waals surface area contributed by atoms with Crippen LogP contribution in [0.2, 0.25) is 0 Å². The van der Waals surface area contributed by atoms with Gasteiger partial charge in [0.2, 0.25) is 0 Å². The summed E-state index contributed by atoms with van der Waals surface area (Å²) in [7, 11) is 0. The zero-order valence-corrected chi connectivity index (χ0v) is 16.2. The molecule has 3 nitrogen and oxygen atoms in total. The molecule has 0 saturated carbocycles. The molecule has 0 N–H and O–H groups in total. The van der Waals surface area contributed by atoms with Crippen LogP contribution >= 0.6 is 0 Å². The van der Waals surface area contributed by atoms with Crippen LogP contribution in [0.25, 0.3) is 0 Å². The predicted molar refractivity (Wildman–Crippen MR) is 119 cm³/mol. The smallest absolute Gasteiger partial charge is 0.277 e. The number of rotatable bonds is 5. The second kappa shape index (κ2) is 8.93. The first-order chi connectivity index (χ1) is 14.7. The third kappa shape index (κ3) is 4.31. The zero-order valence-electron chi connectivity index (χ0n) is 16.2. The Morgan fingerprint density at radius 1 is 0.433 bits per heavy atom. The lowest BCUT2D eigenvalue weighted by Gasteiger charge is -2.07. The lowest BCUT2D eigenvalue weighted by molar-refractivity contribution is 0.0999. The lowest BCUT2D eigenvalue weighted by atomic mass is 10.0. The van der Waals surface area contributed by atoms with E-state index in [1.54, 1.807) is 36.4 Å². The van der Waals surface area contributed by atoms with Crippen LogP contribution in [0.1, 0.15) is 37.4 Å². The molecule has 0 saturated heterocycles. The average Bonchev–Trinajstić information content (AvgIpc) is 2.83. The minimum absolute atomic E-state index is 0.0765. The molecule has 0 heterocycles. The molecule has 0 fully saturated rings. The van der Waals surface area contributed by atoms with E-state index < -0.39 is 0 Å². The molecule has 0 aliphatic carbocycles. The fourth-order valence-electron chi connectivity index (χ4n) is 3.17. The van der Waals surface area contributed by atoms with Gasteiger partial charge in [-0.25, -0.2) is 4.99 Å². The fraction of sp³-hybridized carbons (Fsp3) is 0. The fourth-order valence-corrected chi connectivity index (χ4v) is 3.17. The SMILES string of the molecule is O=C(N=C(c1ccccc1)c1ccccc1)c1ccc(C(=O)c2ccccc2)cc1. The highest BCUT2D eigenvalue weighted by molar-refractivity contribution is 6.18. The van der Waals surface area contributed by atoms with Gasteiger partial charge in [0.1, 0.15) is 0 Å². The molecule has 0 unspecified atom stereocenters. The highest BCUT2D eigenvalue weighted by Crippen LogP contribution is 2.15. The Morgan fingerprint density at radius 3 is 1.27 bits per heavy atom. The third-order valence-electron chi connectivity index (χ3n) is 4.74. The van der Waals surface area contributed by atoms with Crippen LogP contribution in [0.3, 0.4) is 0 Å². The normalized spacial score (nSPS) is 10.3. The van der Waals surface area contributed by atoms with Gasteiger partial charge in [-0.05, 0) is 12.1 Å². The number of benzene rings is 4. The molecule has 0 aliphatic rings. The van der Waals surface area contributed by atoms with Crippen molar-refractivity contribution >= 4 is 17.4 Å². The van der Waals surface area contributed by atoms with Gasteiger partial charge < -0.3 is 0 Å². The second-order valence-electron chi connectivity index (χ2n) is 6.77.